The summed E-state index contributed by atoms with van der Waals surface area (Å²) in [6.07, 6.45) is 1.86. The summed E-state index contributed by atoms with van der Waals surface area (Å²) in [5.41, 5.74) is 0.916. The molecule has 2 aromatic heterocycles. The number of hydrogen-bond acceptors (Lipinski definition) is 5. The number of nitrogens with zero attached hydrogens (tertiary/aromatic N) is 4. The van der Waals surface area contributed by atoms with E-state index in [0.717, 1.165) is 46.8 Å². The van der Waals surface area contributed by atoms with Crippen molar-refractivity contribution in [2.75, 3.05) is 25.5 Å². The van der Waals surface area contributed by atoms with E-state index < -0.39 is 0 Å². The average Bonchev–Trinajstić information content (AvgIpc) is 3.31. The molecule has 5 nitrogen and oxygen atoms in total. The van der Waals surface area contributed by atoms with Gasteiger partial charge >= 0.3 is 0 Å². The molecule has 1 saturated heterocycles. The van der Waals surface area contributed by atoms with Crippen LogP contribution < -0.4 is 4.90 Å². The van der Waals surface area contributed by atoms with Gasteiger partial charge in [-0.1, -0.05) is 18.2 Å². The summed E-state index contributed by atoms with van der Waals surface area (Å²) in [7, 11) is 3.63. The Bertz CT molecular complexity index is 907. The fraction of sp³-hybridized carbons (Fsp3) is 0.316. The van der Waals surface area contributed by atoms with Crippen LogP contribution in [0.3, 0.4) is 0 Å². The Kier molecular flexibility index (Phi) is 4.13. The summed E-state index contributed by atoms with van der Waals surface area (Å²) in [6, 6.07) is 11.9. The van der Waals surface area contributed by atoms with Crippen LogP contribution in [0.25, 0.3) is 21.6 Å². The molecule has 0 spiro atoms. The number of anilines is 1. The number of para-hydroxylation sites is 1. The number of fused-ring (bicyclic) bond motifs is 1. The predicted octanol–water partition coefficient (Wildman–Crippen LogP) is 3.42. The molecule has 1 aliphatic rings. The van der Waals surface area contributed by atoms with Crippen LogP contribution in [-0.4, -0.2) is 47.5 Å². The summed E-state index contributed by atoms with van der Waals surface area (Å²) in [4.78, 5) is 27.1. The quantitative estimate of drug-likeness (QED) is 0.725. The molecule has 6 heteroatoms. The first-order valence-electron chi connectivity index (χ1n) is 8.43. The molecule has 0 saturated carbocycles. The lowest BCUT2D eigenvalue weighted by Crippen LogP contribution is -2.43. The van der Waals surface area contributed by atoms with Gasteiger partial charge in [0.2, 0.25) is 5.91 Å². The first-order valence-corrected chi connectivity index (χ1v) is 9.31. The lowest BCUT2D eigenvalue weighted by molar-refractivity contribution is -0.129. The maximum atomic E-state index is 12.6. The second-order valence-electron chi connectivity index (χ2n) is 6.45. The highest BCUT2D eigenvalue weighted by Gasteiger charge is 2.33. The SMILES string of the molecule is CN(C)C(=O)C1CCCN1c1nc(-c2cccs2)nc2ccccc12. The molecular formula is C19H20N4OS. The smallest absolute Gasteiger partial charge is 0.244 e. The van der Waals surface area contributed by atoms with Crippen LogP contribution >= 0.6 is 11.3 Å². The third kappa shape index (κ3) is 2.87. The monoisotopic (exact) mass is 352 g/mol. The van der Waals surface area contributed by atoms with E-state index in [1.807, 2.05) is 55.9 Å². The molecule has 128 valence electrons. The van der Waals surface area contributed by atoms with Crippen LogP contribution in [0.2, 0.25) is 0 Å². The Morgan fingerprint density at radius 3 is 2.80 bits per heavy atom. The molecule has 1 unspecified atom stereocenters. The summed E-state index contributed by atoms with van der Waals surface area (Å²) < 4.78 is 0. The number of carbonyl (C=O) groups is 1. The zero-order chi connectivity index (χ0) is 17.4. The molecular weight excluding hydrogens is 332 g/mol. The molecule has 1 aliphatic heterocycles. The third-order valence-electron chi connectivity index (χ3n) is 4.58. The van der Waals surface area contributed by atoms with Crippen molar-refractivity contribution in [3.8, 4) is 10.7 Å². The van der Waals surface area contributed by atoms with Crippen molar-refractivity contribution in [1.29, 1.82) is 0 Å². The van der Waals surface area contributed by atoms with Gasteiger partial charge in [-0.25, -0.2) is 9.97 Å². The topological polar surface area (TPSA) is 49.3 Å². The Balaban J connectivity index is 1.86. The molecule has 0 radical (unpaired) electrons. The maximum absolute atomic E-state index is 12.6. The van der Waals surface area contributed by atoms with Crippen molar-refractivity contribution in [2.24, 2.45) is 0 Å². The standard InChI is InChI=1S/C19H20N4OS/c1-22(2)19(24)15-9-5-11-23(15)18-13-7-3-4-8-14(13)20-17(21-18)16-10-6-12-25-16/h3-4,6-8,10,12,15H,5,9,11H2,1-2H3. The van der Waals surface area contributed by atoms with Gasteiger partial charge in [-0.2, -0.15) is 0 Å². The van der Waals surface area contributed by atoms with Crippen molar-refractivity contribution in [3.05, 3.63) is 41.8 Å². The molecule has 3 heterocycles. The summed E-state index contributed by atoms with van der Waals surface area (Å²) >= 11 is 1.63. The van der Waals surface area contributed by atoms with Gasteiger partial charge in [-0.3, -0.25) is 4.79 Å². The highest BCUT2D eigenvalue weighted by molar-refractivity contribution is 7.13. The number of benzene rings is 1. The second-order valence-corrected chi connectivity index (χ2v) is 7.40. The van der Waals surface area contributed by atoms with Crippen LogP contribution in [-0.2, 0) is 4.79 Å². The zero-order valence-electron chi connectivity index (χ0n) is 14.3. The fourth-order valence-electron chi connectivity index (χ4n) is 3.37. The van der Waals surface area contributed by atoms with E-state index in [0.29, 0.717) is 0 Å². The van der Waals surface area contributed by atoms with Gasteiger partial charge in [-0.15, -0.1) is 11.3 Å². The number of amides is 1. The van der Waals surface area contributed by atoms with Gasteiger partial charge in [0.05, 0.1) is 10.4 Å². The largest absolute Gasteiger partial charge is 0.347 e. The van der Waals surface area contributed by atoms with Gasteiger partial charge in [0.1, 0.15) is 11.9 Å². The van der Waals surface area contributed by atoms with Crippen molar-refractivity contribution in [1.82, 2.24) is 14.9 Å². The van der Waals surface area contributed by atoms with E-state index in [1.165, 1.54) is 0 Å². The van der Waals surface area contributed by atoms with Crippen LogP contribution in [0.1, 0.15) is 12.8 Å². The Hall–Kier alpha value is -2.47. The normalized spacial score (nSPS) is 17.2. The van der Waals surface area contributed by atoms with E-state index in [-0.39, 0.29) is 11.9 Å². The highest BCUT2D eigenvalue weighted by atomic mass is 32.1. The Labute approximate surface area is 150 Å². The van der Waals surface area contributed by atoms with Crippen LogP contribution in [0.4, 0.5) is 5.82 Å². The number of aromatic nitrogens is 2. The molecule has 0 N–H and O–H groups in total. The van der Waals surface area contributed by atoms with Gasteiger partial charge in [0, 0.05) is 26.0 Å². The minimum absolute atomic E-state index is 0.137. The van der Waals surface area contributed by atoms with Gasteiger partial charge in [0.15, 0.2) is 5.82 Å². The van der Waals surface area contributed by atoms with E-state index in [9.17, 15) is 4.79 Å². The van der Waals surface area contributed by atoms with E-state index in [2.05, 4.69) is 4.90 Å². The van der Waals surface area contributed by atoms with Gasteiger partial charge in [-0.05, 0) is 36.4 Å². The first kappa shape index (κ1) is 16.0. The molecule has 25 heavy (non-hydrogen) atoms. The fourth-order valence-corrected chi connectivity index (χ4v) is 4.03. The molecule has 1 atom stereocenters. The van der Waals surface area contributed by atoms with Crippen molar-refractivity contribution >= 4 is 34.0 Å². The zero-order valence-corrected chi connectivity index (χ0v) is 15.2. The number of likely N-dealkylation sites (N-methyl/N-ethyl adjacent to an activating group) is 1. The molecule has 1 amide bonds. The molecule has 0 aliphatic carbocycles. The number of thiophene rings is 1. The first-order chi connectivity index (χ1) is 12.1. The third-order valence-corrected chi connectivity index (χ3v) is 5.44. The average molecular weight is 352 g/mol. The summed E-state index contributed by atoms with van der Waals surface area (Å²) in [5.74, 6) is 1.73. The summed E-state index contributed by atoms with van der Waals surface area (Å²) in [6.45, 7) is 0.842. The minimum Gasteiger partial charge on any atom is -0.347 e. The number of rotatable bonds is 3. The van der Waals surface area contributed by atoms with Gasteiger partial charge < -0.3 is 9.80 Å². The number of carbonyl (C=O) groups excluding carboxylic acids is 1. The second kappa shape index (κ2) is 6.44. The Morgan fingerprint density at radius 1 is 1.20 bits per heavy atom. The van der Waals surface area contributed by atoms with Crippen molar-refractivity contribution in [3.63, 3.8) is 0 Å². The van der Waals surface area contributed by atoms with E-state index in [1.54, 1.807) is 16.2 Å². The molecule has 1 aromatic carbocycles. The maximum Gasteiger partial charge on any atom is 0.244 e. The van der Waals surface area contributed by atoms with Crippen LogP contribution in [0.5, 0.6) is 0 Å². The lowest BCUT2D eigenvalue weighted by atomic mass is 10.1. The molecule has 4 rings (SSSR count). The van der Waals surface area contributed by atoms with Crippen molar-refractivity contribution in [2.45, 2.75) is 18.9 Å². The van der Waals surface area contributed by atoms with Crippen LogP contribution in [0, 0.1) is 0 Å². The number of hydrogen-bond donors (Lipinski definition) is 0. The van der Waals surface area contributed by atoms with Gasteiger partial charge in [0.25, 0.3) is 0 Å². The lowest BCUT2D eigenvalue weighted by Gasteiger charge is -2.28. The minimum atomic E-state index is -0.149. The molecule has 0 bridgehead atoms. The van der Waals surface area contributed by atoms with Crippen LogP contribution in [0.15, 0.2) is 41.8 Å². The van der Waals surface area contributed by atoms with E-state index >= 15 is 0 Å². The van der Waals surface area contributed by atoms with E-state index in [4.69, 9.17) is 9.97 Å². The summed E-state index contributed by atoms with van der Waals surface area (Å²) in [5, 5.41) is 3.03. The molecule has 1 fully saturated rings. The Morgan fingerprint density at radius 2 is 2.04 bits per heavy atom. The molecule has 3 aromatic rings. The highest BCUT2D eigenvalue weighted by Crippen LogP contribution is 2.33. The predicted molar refractivity (Wildman–Crippen MR) is 102 cm³/mol. The van der Waals surface area contributed by atoms with Crippen molar-refractivity contribution < 1.29 is 4.79 Å².